The molecule has 5 nitrogen and oxygen atoms in total. The summed E-state index contributed by atoms with van der Waals surface area (Å²) in [4.78, 5) is 26.1. The minimum atomic E-state index is -1.06. The minimum absolute atomic E-state index is 0.104. The van der Waals surface area contributed by atoms with Crippen LogP contribution in [0, 0.1) is 0 Å². The van der Waals surface area contributed by atoms with Gasteiger partial charge in [0.25, 0.3) is 5.91 Å². The summed E-state index contributed by atoms with van der Waals surface area (Å²) >= 11 is 5.87. The number of hydrogen-bond acceptors (Lipinski definition) is 3. The first-order valence-electron chi connectivity index (χ1n) is 8.42. The van der Waals surface area contributed by atoms with Gasteiger partial charge in [-0.15, -0.1) is 0 Å². The summed E-state index contributed by atoms with van der Waals surface area (Å²) in [5, 5.41) is 3.50. The molecular formula is C20H21ClN2O3. The Bertz CT molecular complexity index is 847. The quantitative estimate of drug-likeness (QED) is 0.880. The second kappa shape index (κ2) is 7.00. The van der Waals surface area contributed by atoms with Crippen molar-refractivity contribution in [1.82, 2.24) is 0 Å². The number of aryl methyl sites for hydroxylation is 1. The largest absolute Gasteiger partial charge is 0.478 e. The molecule has 26 heavy (non-hydrogen) atoms. The van der Waals surface area contributed by atoms with Crippen molar-refractivity contribution in [3.05, 3.63) is 53.1 Å². The Balaban J connectivity index is 1.72. The number of benzene rings is 2. The van der Waals surface area contributed by atoms with Crippen molar-refractivity contribution in [2.75, 3.05) is 17.3 Å². The average molecular weight is 373 g/mol. The van der Waals surface area contributed by atoms with Gasteiger partial charge in [-0.05, 0) is 68.3 Å². The van der Waals surface area contributed by atoms with E-state index in [1.54, 1.807) is 56.1 Å². The molecule has 0 spiro atoms. The third-order valence-corrected chi connectivity index (χ3v) is 4.67. The second-order valence-corrected chi connectivity index (χ2v) is 7.25. The zero-order valence-corrected chi connectivity index (χ0v) is 15.8. The predicted molar refractivity (Wildman–Crippen MR) is 103 cm³/mol. The van der Waals surface area contributed by atoms with Gasteiger partial charge in [-0.1, -0.05) is 11.6 Å². The number of rotatable bonds is 4. The fourth-order valence-corrected chi connectivity index (χ4v) is 2.99. The van der Waals surface area contributed by atoms with E-state index in [9.17, 15) is 9.59 Å². The molecule has 2 amide bonds. The smallest absolute Gasteiger partial charge is 0.267 e. The maximum atomic E-state index is 12.7. The van der Waals surface area contributed by atoms with Crippen molar-refractivity contribution in [2.45, 2.75) is 32.3 Å². The first-order chi connectivity index (χ1) is 12.3. The zero-order chi connectivity index (χ0) is 18.9. The monoisotopic (exact) mass is 372 g/mol. The minimum Gasteiger partial charge on any atom is -0.478 e. The standard InChI is InChI=1S/C20H21ClN2O3/c1-20(2,26-16-8-5-14(21)6-9-16)19(25)22-15-7-10-17-13(12-15)4-11-18(24)23(17)3/h5-10,12H,4,11H2,1-3H3,(H,22,25). The van der Waals surface area contributed by atoms with Gasteiger partial charge in [-0.3, -0.25) is 9.59 Å². The van der Waals surface area contributed by atoms with Crippen molar-refractivity contribution in [1.29, 1.82) is 0 Å². The van der Waals surface area contributed by atoms with E-state index in [-0.39, 0.29) is 11.8 Å². The Morgan fingerprint density at radius 2 is 1.85 bits per heavy atom. The summed E-state index contributed by atoms with van der Waals surface area (Å²) < 4.78 is 5.81. The molecule has 0 bridgehead atoms. The number of halogens is 1. The topological polar surface area (TPSA) is 58.6 Å². The van der Waals surface area contributed by atoms with Crippen LogP contribution in [0.3, 0.4) is 0 Å². The fourth-order valence-electron chi connectivity index (χ4n) is 2.86. The molecule has 1 aliphatic heterocycles. The predicted octanol–water partition coefficient (Wildman–Crippen LogP) is 4.05. The first-order valence-corrected chi connectivity index (χ1v) is 8.79. The molecule has 1 N–H and O–H groups in total. The van der Waals surface area contributed by atoms with E-state index in [1.165, 1.54) is 0 Å². The SMILES string of the molecule is CN1C(=O)CCc2cc(NC(=O)C(C)(C)Oc3ccc(Cl)cc3)ccc21. The molecule has 0 saturated heterocycles. The lowest BCUT2D eigenvalue weighted by molar-refractivity contribution is -0.128. The van der Waals surface area contributed by atoms with Crippen LogP contribution >= 0.6 is 11.6 Å². The van der Waals surface area contributed by atoms with E-state index in [0.717, 1.165) is 11.3 Å². The molecule has 1 aliphatic rings. The maximum Gasteiger partial charge on any atom is 0.267 e. The van der Waals surface area contributed by atoms with E-state index in [4.69, 9.17) is 16.3 Å². The zero-order valence-electron chi connectivity index (χ0n) is 15.0. The van der Waals surface area contributed by atoms with Crippen molar-refractivity contribution in [3.63, 3.8) is 0 Å². The number of carbonyl (C=O) groups excluding carboxylic acids is 2. The molecule has 0 fully saturated rings. The molecule has 2 aromatic carbocycles. The third kappa shape index (κ3) is 3.83. The van der Waals surface area contributed by atoms with Crippen LogP contribution in [0.5, 0.6) is 5.75 Å². The van der Waals surface area contributed by atoms with Crippen LogP contribution in [0.15, 0.2) is 42.5 Å². The van der Waals surface area contributed by atoms with E-state index in [1.807, 2.05) is 12.1 Å². The number of nitrogens with one attached hydrogen (secondary N) is 1. The van der Waals surface area contributed by atoms with Crippen molar-refractivity contribution < 1.29 is 14.3 Å². The van der Waals surface area contributed by atoms with E-state index in [2.05, 4.69) is 5.32 Å². The van der Waals surface area contributed by atoms with Gasteiger partial charge in [-0.25, -0.2) is 0 Å². The van der Waals surface area contributed by atoms with Gasteiger partial charge >= 0.3 is 0 Å². The van der Waals surface area contributed by atoms with Gasteiger partial charge in [0.2, 0.25) is 5.91 Å². The number of anilines is 2. The molecule has 6 heteroatoms. The number of amides is 2. The van der Waals surface area contributed by atoms with Crippen LogP contribution in [-0.4, -0.2) is 24.5 Å². The summed E-state index contributed by atoms with van der Waals surface area (Å²) in [5.41, 5.74) is 1.55. The maximum absolute atomic E-state index is 12.7. The summed E-state index contributed by atoms with van der Waals surface area (Å²) in [5.74, 6) is 0.416. The lowest BCUT2D eigenvalue weighted by Gasteiger charge is -2.27. The van der Waals surface area contributed by atoms with Crippen LogP contribution in [0.2, 0.25) is 5.02 Å². The van der Waals surface area contributed by atoms with Gasteiger partial charge < -0.3 is 15.0 Å². The van der Waals surface area contributed by atoms with Gasteiger partial charge in [-0.2, -0.15) is 0 Å². The van der Waals surface area contributed by atoms with E-state index in [0.29, 0.717) is 29.3 Å². The molecule has 3 rings (SSSR count). The van der Waals surface area contributed by atoms with Crippen LogP contribution in [0.4, 0.5) is 11.4 Å². The highest BCUT2D eigenvalue weighted by molar-refractivity contribution is 6.30. The van der Waals surface area contributed by atoms with Gasteiger partial charge in [0.15, 0.2) is 5.60 Å². The van der Waals surface area contributed by atoms with E-state index < -0.39 is 5.60 Å². The number of hydrogen-bond donors (Lipinski definition) is 1. The molecule has 0 aliphatic carbocycles. The highest BCUT2D eigenvalue weighted by Gasteiger charge is 2.30. The molecule has 0 radical (unpaired) electrons. The normalized spacial score (nSPS) is 14.0. The molecule has 0 saturated carbocycles. The van der Waals surface area contributed by atoms with E-state index >= 15 is 0 Å². The number of carbonyl (C=O) groups is 2. The molecule has 136 valence electrons. The van der Waals surface area contributed by atoms with Crippen LogP contribution in [0.25, 0.3) is 0 Å². The molecule has 0 aromatic heterocycles. The van der Waals surface area contributed by atoms with Crippen molar-refractivity contribution in [2.24, 2.45) is 0 Å². The Hall–Kier alpha value is -2.53. The number of nitrogens with zero attached hydrogens (tertiary/aromatic N) is 1. The Morgan fingerprint density at radius 3 is 2.54 bits per heavy atom. The molecule has 2 aromatic rings. The van der Waals surface area contributed by atoms with Crippen molar-refractivity contribution in [3.8, 4) is 5.75 Å². The Morgan fingerprint density at radius 1 is 1.15 bits per heavy atom. The summed E-state index contributed by atoms with van der Waals surface area (Å²) in [7, 11) is 1.77. The summed E-state index contributed by atoms with van der Waals surface area (Å²) in [6.45, 7) is 3.42. The van der Waals surface area contributed by atoms with Crippen LogP contribution in [0.1, 0.15) is 25.8 Å². The van der Waals surface area contributed by atoms with Gasteiger partial charge in [0.1, 0.15) is 5.75 Å². The molecule has 1 heterocycles. The summed E-state index contributed by atoms with van der Waals surface area (Å²) in [6, 6.07) is 12.4. The lowest BCUT2D eigenvalue weighted by Crippen LogP contribution is -2.42. The number of fused-ring (bicyclic) bond motifs is 1. The van der Waals surface area contributed by atoms with Crippen LogP contribution in [-0.2, 0) is 16.0 Å². The Kier molecular flexibility index (Phi) is 4.92. The third-order valence-electron chi connectivity index (χ3n) is 4.41. The van der Waals surface area contributed by atoms with Gasteiger partial charge in [0, 0.05) is 29.9 Å². The number of ether oxygens (including phenoxy) is 1. The average Bonchev–Trinajstić information content (AvgIpc) is 2.60. The van der Waals surface area contributed by atoms with Crippen molar-refractivity contribution >= 4 is 34.8 Å². The second-order valence-electron chi connectivity index (χ2n) is 6.82. The molecule has 0 atom stereocenters. The highest BCUT2D eigenvalue weighted by atomic mass is 35.5. The first kappa shape index (κ1) is 18.3. The molecular weight excluding hydrogens is 352 g/mol. The van der Waals surface area contributed by atoms with Crippen LogP contribution < -0.4 is 15.0 Å². The lowest BCUT2D eigenvalue weighted by atomic mass is 10.0. The molecule has 0 unspecified atom stereocenters. The van der Waals surface area contributed by atoms with Gasteiger partial charge in [0.05, 0.1) is 0 Å². The fraction of sp³-hybridized carbons (Fsp3) is 0.300. The highest BCUT2D eigenvalue weighted by Crippen LogP contribution is 2.30. The summed E-state index contributed by atoms with van der Waals surface area (Å²) in [6.07, 6.45) is 1.15. The Labute approximate surface area is 157 Å².